The molecule has 2 aliphatic heterocycles. The summed E-state index contributed by atoms with van der Waals surface area (Å²) in [6.45, 7) is 2.11. The van der Waals surface area contributed by atoms with Crippen LogP contribution in [0.1, 0.15) is 24.8 Å². The van der Waals surface area contributed by atoms with E-state index < -0.39 is 0 Å². The number of halogens is 2. The molecule has 2 heterocycles. The van der Waals surface area contributed by atoms with Crippen molar-refractivity contribution in [3.63, 3.8) is 0 Å². The second-order valence-corrected chi connectivity index (χ2v) is 8.33. The molecule has 29 heavy (non-hydrogen) atoms. The molecule has 1 saturated heterocycles. The van der Waals surface area contributed by atoms with Crippen molar-refractivity contribution in [2.24, 2.45) is 0 Å². The van der Waals surface area contributed by atoms with Gasteiger partial charge in [0.05, 0.1) is 16.8 Å². The van der Waals surface area contributed by atoms with Crippen LogP contribution >= 0.6 is 23.2 Å². The van der Waals surface area contributed by atoms with Crippen LogP contribution in [0.2, 0.25) is 10.0 Å². The van der Waals surface area contributed by atoms with Gasteiger partial charge in [-0.3, -0.25) is 14.5 Å². The summed E-state index contributed by atoms with van der Waals surface area (Å²) in [5, 5.41) is 3.86. The summed E-state index contributed by atoms with van der Waals surface area (Å²) in [4.78, 5) is 29.5. The molecule has 2 aromatic rings. The largest absolute Gasteiger partial charge is 0.323 e. The maximum Gasteiger partial charge on any atom is 0.241 e. The minimum absolute atomic E-state index is 0.106. The Morgan fingerprint density at radius 3 is 2.79 bits per heavy atom. The predicted octanol–water partition coefficient (Wildman–Crippen LogP) is 4.38. The number of benzene rings is 2. The first-order chi connectivity index (χ1) is 14.0. The molecule has 0 spiro atoms. The van der Waals surface area contributed by atoms with E-state index >= 15 is 0 Å². The van der Waals surface area contributed by atoms with Gasteiger partial charge in [0.2, 0.25) is 11.8 Å². The van der Waals surface area contributed by atoms with Crippen molar-refractivity contribution >= 4 is 46.4 Å². The number of nitrogens with one attached hydrogen (secondary N) is 1. The second kappa shape index (κ2) is 8.74. The zero-order chi connectivity index (χ0) is 20.4. The van der Waals surface area contributed by atoms with Crippen molar-refractivity contribution in [1.29, 1.82) is 0 Å². The number of anilines is 2. The summed E-state index contributed by atoms with van der Waals surface area (Å²) in [6.07, 6.45) is 3.00. The minimum Gasteiger partial charge on any atom is -0.323 e. The van der Waals surface area contributed by atoms with Crippen molar-refractivity contribution in [1.82, 2.24) is 4.90 Å². The SMILES string of the molecule is O=C(Nc1cc(Cl)ccc1Cl)C1CCCN1CCC(=O)N1CCc2ccccc21. The number of carbonyl (C=O) groups excluding carboxylic acids is 2. The molecular formula is C22H23Cl2N3O2. The molecule has 0 radical (unpaired) electrons. The van der Waals surface area contributed by atoms with Gasteiger partial charge in [-0.2, -0.15) is 0 Å². The highest BCUT2D eigenvalue weighted by molar-refractivity contribution is 6.35. The minimum atomic E-state index is -0.260. The van der Waals surface area contributed by atoms with E-state index in [1.165, 1.54) is 5.56 Å². The van der Waals surface area contributed by atoms with Gasteiger partial charge in [0.15, 0.2) is 0 Å². The molecule has 0 aliphatic carbocycles. The summed E-state index contributed by atoms with van der Waals surface area (Å²) in [5.74, 6) is 0.00419. The Morgan fingerprint density at radius 1 is 1.10 bits per heavy atom. The van der Waals surface area contributed by atoms with E-state index in [2.05, 4.69) is 16.3 Å². The van der Waals surface area contributed by atoms with Gasteiger partial charge >= 0.3 is 0 Å². The third-order valence-electron chi connectivity index (χ3n) is 5.65. The Bertz CT molecular complexity index is 934. The Labute approximate surface area is 180 Å². The topological polar surface area (TPSA) is 52.7 Å². The molecule has 1 unspecified atom stereocenters. The van der Waals surface area contributed by atoms with E-state index in [0.717, 1.165) is 38.0 Å². The first-order valence-corrected chi connectivity index (χ1v) is 10.7. The lowest BCUT2D eigenvalue weighted by molar-refractivity contribution is -0.122. The highest BCUT2D eigenvalue weighted by Gasteiger charge is 2.32. The lowest BCUT2D eigenvalue weighted by atomic mass is 10.2. The molecule has 0 bridgehead atoms. The van der Waals surface area contributed by atoms with E-state index in [1.54, 1.807) is 18.2 Å². The van der Waals surface area contributed by atoms with Gasteiger partial charge in [0.1, 0.15) is 0 Å². The first-order valence-electron chi connectivity index (χ1n) is 9.91. The number of para-hydroxylation sites is 1. The molecule has 0 aromatic heterocycles. The predicted molar refractivity (Wildman–Crippen MR) is 117 cm³/mol. The van der Waals surface area contributed by atoms with E-state index in [-0.39, 0.29) is 17.9 Å². The Hall–Kier alpha value is -2.08. The summed E-state index contributed by atoms with van der Waals surface area (Å²) in [6, 6.07) is 12.8. The van der Waals surface area contributed by atoms with Crippen LogP contribution in [0.3, 0.4) is 0 Å². The number of carbonyl (C=O) groups is 2. The van der Waals surface area contributed by atoms with Crippen molar-refractivity contribution in [2.75, 3.05) is 29.9 Å². The van der Waals surface area contributed by atoms with Crippen LogP contribution in [-0.2, 0) is 16.0 Å². The van der Waals surface area contributed by atoms with Crippen molar-refractivity contribution < 1.29 is 9.59 Å². The molecule has 4 rings (SSSR count). The zero-order valence-corrected chi connectivity index (χ0v) is 17.5. The van der Waals surface area contributed by atoms with Crippen LogP contribution in [0.25, 0.3) is 0 Å². The summed E-state index contributed by atoms with van der Waals surface area (Å²) < 4.78 is 0. The molecule has 1 fully saturated rings. The molecule has 152 valence electrons. The molecule has 7 heteroatoms. The number of amides is 2. The lowest BCUT2D eigenvalue weighted by Gasteiger charge is -2.25. The zero-order valence-electron chi connectivity index (χ0n) is 16.0. The monoisotopic (exact) mass is 431 g/mol. The van der Waals surface area contributed by atoms with Gasteiger partial charge in [0, 0.05) is 30.2 Å². The average molecular weight is 432 g/mol. The number of fused-ring (bicyclic) bond motifs is 1. The van der Waals surface area contributed by atoms with Crippen LogP contribution in [-0.4, -0.2) is 42.4 Å². The van der Waals surface area contributed by atoms with Crippen LogP contribution < -0.4 is 10.2 Å². The highest BCUT2D eigenvalue weighted by atomic mass is 35.5. The summed E-state index contributed by atoms with van der Waals surface area (Å²) >= 11 is 12.2. The van der Waals surface area contributed by atoms with Gasteiger partial charge in [-0.05, 0) is 55.6 Å². The molecule has 2 aliphatic rings. The van der Waals surface area contributed by atoms with Gasteiger partial charge in [-0.25, -0.2) is 0 Å². The normalized spacial score (nSPS) is 18.7. The fourth-order valence-corrected chi connectivity index (χ4v) is 4.51. The second-order valence-electron chi connectivity index (χ2n) is 7.48. The standard InChI is InChI=1S/C22H23Cl2N3O2/c23-16-7-8-17(24)18(14-16)25-22(29)20-6-3-11-26(20)12-10-21(28)27-13-9-15-4-1-2-5-19(15)27/h1-2,4-5,7-8,14,20H,3,6,9-13H2,(H,25,29). The molecule has 2 amide bonds. The van der Waals surface area contributed by atoms with Gasteiger partial charge < -0.3 is 10.2 Å². The quantitative estimate of drug-likeness (QED) is 0.763. The van der Waals surface area contributed by atoms with Crippen molar-refractivity contribution in [3.05, 3.63) is 58.1 Å². The maximum absolute atomic E-state index is 12.8. The van der Waals surface area contributed by atoms with E-state index in [0.29, 0.717) is 28.7 Å². The number of hydrogen-bond donors (Lipinski definition) is 1. The summed E-state index contributed by atoms with van der Waals surface area (Å²) in [7, 11) is 0. The van der Waals surface area contributed by atoms with Crippen LogP contribution in [0.5, 0.6) is 0 Å². The first kappa shape index (κ1) is 20.2. The van der Waals surface area contributed by atoms with Gasteiger partial charge in [0.25, 0.3) is 0 Å². The van der Waals surface area contributed by atoms with Crippen LogP contribution in [0.15, 0.2) is 42.5 Å². The van der Waals surface area contributed by atoms with Crippen molar-refractivity contribution in [2.45, 2.75) is 31.7 Å². The third kappa shape index (κ3) is 4.42. The molecule has 1 N–H and O–H groups in total. The van der Waals surface area contributed by atoms with E-state index in [4.69, 9.17) is 23.2 Å². The smallest absolute Gasteiger partial charge is 0.241 e. The maximum atomic E-state index is 12.8. The molecule has 0 saturated carbocycles. The number of likely N-dealkylation sites (tertiary alicyclic amines) is 1. The fourth-order valence-electron chi connectivity index (χ4n) is 4.17. The van der Waals surface area contributed by atoms with E-state index in [1.807, 2.05) is 23.1 Å². The molecular weight excluding hydrogens is 409 g/mol. The van der Waals surface area contributed by atoms with Crippen LogP contribution in [0, 0.1) is 0 Å². The van der Waals surface area contributed by atoms with Gasteiger partial charge in [-0.15, -0.1) is 0 Å². The number of rotatable bonds is 5. The number of nitrogens with zero attached hydrogens (tertiary/aromatic N) is 2. The highest BCUT2D eigenvalue weighted by Crippen LogP contribution is 2.29. The molecule has 1 atom stereocenters. The van der Waals surface area contributed by atoms with Crippen molar-refractivity contribution in [3.8, 4) is 0 Å². The number of hydrogen-bond acceptors (Lipinski definition) is 3. The Kier molecular flexibility index (Phi) is 6.09. The molecule has 2 aromatic carbocycles. The third-order valence-corrected chi connectivity index (χ3v) is 6.22. The Balaban J connectivity index is 1.36. The van der Waals surface area contributed by atoms with Gasteiger partial charge in [-0.1, -0.05) is 41.4 Å². The lowest BCUT2D eigenvalue weighted by Crippen LogP contribution is -2.41. The van der Waals surface area contributed by atoms with E-state index in [9.17, 15) is 9.59 Å². The average Bonchev–Trinajstić information content (AvgIpc) is 3.36. The van der Waals surface area contributed by atoms with Crippen LogP contribution in [0.4, 0.5) is 11.4 Å². The molecule has 5 nitrogen and oxygen atoms in total. The fraction of sp³-hybridized carbons (Fsp3) is 0.364. The Morgan fingerprint density at radius 2 is 1.93 bits per heavy atom. The summed E-state index contributed by atoms with van der Waals surface area (Å²) in [5.41, 5.74) is 2.75.